The molecule has 0 N–H and O–H groups in total. The van der Waals surface area contributed by atoms with Gasteiger partial charge in [-0.15, -0.1) is 0 Å². The minimum absolute atomic E-state index is 0.977. The minimum atomic E-state index is 0.977. The van der Waals surface area contributed by atoms with Gasteiger partial charge in [-0.2, -0.15) is 0 Å². The third-order valence-corrected chi connectivity index (χ3v) is 6.57. The Hall–Kier alpha value is -2.52. The highest BCUT2D eigenvalue weighted by Gasteiger charge is 2.08. The lowest BCUT2D eigenvalue weighted by molar-refractivity contribution is 1.08. The van der Waals surface area contributed by atoms with E-state index in [0.29, 0.717) is 0 Å². The highest BCUT2D eigenvalue weighted by atomic mass is 79.9. The molecule has 0 aliphatic rings. The van der Waals surface area contributed by atoms with E-state index < -0.39 is 0 Å². The highest BCUT2D eigenvalue weighted by molar-refractivity contribution is 9.10. The molecular formula is C28H31BrN2. The topological polar surface area (TPSA) is 24.7 Å². The lowest BCUT2D eigenvalue weighted by atomic mass is 10.0. The van der Waals surface area contributed by atoms with Gasteiger partial charge < -0.3 is 0 Å². The molecule has 0 heterocycles. The second-order valence-electron chi connectivity index (χ2n) is 7.53. The van der Waals surface area contributed by atoms with Gasteiger partial charge in [0.1, 0.15) is 0 Å². The number of hydrogen-bond donors (Lipinski definition) is 0. The third kappa shape index (κ3) is 5.40. The first kappa shape index (κ1) is 23.1. The van der Waals surface area contributed by atoms with Crippen LogP contribution in [-0.4, -0.2) is 12.4 Å². The number of benzene rings is 3. The Labute approximate surface area is 195 Å². The molecule has 0 unspecified atom stereocenters. The van der Waals surface area contributed by atoms with Crippen molar-refractivity contribution in [3.05, 3.63) is 92.5 Å². The number of aryl methyl sites for hydroxylation is 4. The van der Waals surface area contributed by atoms with Crippen LogP contribution >= 0.6 is 15.9 Å². The molecule has 0 bridgehead atoms. The molecule has 3 aromatic rings. The van der Waals surface area contributed by atoms with E-state index in [9.17, 15) is 0 Å². The van der Waals surface area contributed by atoms with Crippen molar-refractivity contribution in [2.75, 3.05) is 0 Å². The van der Waals surface area contributed by atoms with Crippen LogP contribution in [0.2, 0.25) is 0 Å². The molecule has 3 aromatic carbocycles. The van der Waals surface area contributed by atoms with Crippen molar-refractivity contribution < 1.29 is 0 Å². The summed E-state index contributed by atoms with van der Waals surface area (Å²) in [5.41, 5.74) is 9.44. The summed E-state index contributed by atoms with van der Waals surface area (Å²) in [6, 6.07) is 19.2. The second-order valence-corrected chi connectivity index (χ2v) is 8.32. The van der Waals surface area contributed by atoms with E-state index in [1.54, 1.807) is 0 Å². The molecule has 0 amide bonds. The van der Waals surface area contributed by atoms with E-state index in [1.165, 1.54) is 22.3 Å². The van der Waals surface area contributed by atoms with Crippen LogP contribution in [0, 0.1) is 0 Å². The van der Waals surface area contributed by atoms with Crippen LogP contribution < -0.4 is 0 Å². The van der Waals surface area contributed by atoms with E-state index in [1.807, 2.05) is 12.4 Å². The van der Waals surface area contributed by atoms with Crippen molar-refractivity contribution in [3.63, 3.8) is 0 Å². The van der Waals surface area contributed by atoms with Crippen LogP contribution in [0.15, 0.2) is 69.1 Å². The Bertz CT molecular complexity index is 968. The normalized spacial score (nSPS) is 11.6. The van der Waals surface area contributed by atoms with Crippen molar-refractivity contribution in [1.29, 1.82) is 0 Å². The van der Waals surface area contributed by atoms with E-state index >= 15 is 0 Å². The van der Waals surface area contributed by atoms with Crippen LogP contribution in [0.1, 0.15) is 61.1 Å². The summed E-state index contributed by atoms with van der Waals surface area (Å²) >= 11 is 3.79. The first-order valence-corrected chi connectivity index (χ1v) is 12.0. The van der Waals surface area contributed by atoms with Gasteiger partial charge in [-0.3, -0.25) is 9.98 Å². The molecular weight excluding hydrogens is 444 g/mol. The van der Waals surface area contributed by atoms with Crippen LogP contribution in [0.3, 0.4) is 0 Å². The lowest BCUT2D eigenvalue weighted by Gasteiger charge is -2.10. The maximum absolute atomic E-state index is 4.89. The Morgan fingerprint density at radius 2 is 0.903 bits per heavy atom. The van der Waals surface area contributed by atoms with Crippen LogP contribution in [0.4, 0.5) is 11.4 Å². The van der Waals surface area contributed by atoms with Gasteiger partial charge in [0.05, 0.1) is 11.4 Å². The summed E-state index contributed by atoms with van der Waals surface area (Å²) in [6.45, 7) is 8.72. The second kappa shape index (κ2) is 11.2. The molecule has 0 atom stereocenters. The fraction of sp³-hybridized carbons (Fsp3) is 0.286. The van der Waals surface area contributed by atoms with Gasteiger partial charge in [0.15, 0.2) is 0 Å². The third-order valence-electron chi connectivity index (χ3n) is 5.65. The Morgan fingerprint density at radius 3 is 1.23 bits per heavy atom. The van der Waals surface area contributed by atoms with Gasteiger partial charge in [-0.05, 0) is 63.9 Å². The molecule has 31 heavy (non-hydrogen) atoms. The maximum Gasteiger partial charge on any atom is 0.0693 e. The van der Waals surface area contributed by atoms with E-state index in [0.717, 1.165) is 52.7 Å². The molecule has 160 valence electrons. The quantitative estimate of drug-likeness (QED) is 0.293. The monoisotopic (exact) mass is 474 g/mol. The molecule has 3 heteroatoms. The molecule has 3 rings (SSSR count). The van der Waals surface area contributed by atoms with E-state index in [2.05, 4.69) is 98.2 Å². The summed E-state index contributed by atoms with van der Waals surface area (Å²) in [5, 5.41) is 0. The summed E-state index contributed by atoms with van der Waals surface area (Å²) in [4.78, 5) is 9.79. The standard InChI is InChI=1S/C28H31BrN2/c1-5-20-12-9-13-21(6-2)27(20)30-18-24-16-11-17-25(26(24)29)19-31-28-22(7-3)14-10-15-23(28)8-4/h9-19H,5-8H2,1-4H3. The molecule has 0 radical (unpaired) electrons. The molecule has 0 fully saturated rings. The van der Waals surface area contributed by atoms with Gasteiger partial charge >= 0.3 is 0 Å². The van der Waals surface area contributed by atoms with Crippen LogP contribution in [0.5, 0.6) is 0 Å². The largest absolute Gasteiger partial charge is 0.256 e. The number of halogens is 1. The molecule has 2 nitrogen and oxygen atoms in total. The maximum atomic E-state index is 4.89. The predicted octanol–water partition coefficient (Wildman–Crippen LogP) is 8.20. The van der Waals surface area contributed by atoms with Gasteiger partial charge in [-0.1, -0.05) is 82.3 Å². The highest BCUT2D eigenvalue weighted by Crippen LogP contribution is 2.28. The molecule has 0 aliphatic heterocycles. The average molecular weight is 475 g/mol. The number of nitrogens with zero attached hydrogens (tertiary/aromatic N) is 2. The zero-order valence-electron chi connectivity index (χ0n) is 19.0. The van der Waals surface area contributed by atoms with Gasteiger partial charge in [0.2, 0.25) is 0 Å². The first-order chi connectivity index (χ1) is 15.1. The molecule has 0 aromatic heterocycles. The number of para-hydroxylation sites is 2. The summed E-state index contributed by atoms with van der Waals surface area (Å²) in [5.74, 6) is 0. The van der Waals surface area contributed by atoms with Crippen molar-refractivity contribution in [1.82, 2.24) is 0 Å². The van der Waals surface area contributed by atoms with Gasteiger partial charge in [-0.25, -0.2) is 0 Å². The fourth-order valence-corrected chi connectivity index (χ4v) is 4.27. The van der Waals surface area contributed by atoms with Gasteiger partial charge in [0.25, 0.3) is 0 Å². The molecule has 0 spiro atoms. The Morgan fingerprint density at radius 1 is 0.581 bits per heavy atom. The zero-order valence-corrected chi connectivity index (χ0v) is 20.5. The Balaban J connectivity index is 1.96. The average Bonchev–Trinajstić information content (AvgIpc) is 2.82. The fourth-order valence-electron chi connectivity index (χ4n) is 3.80. The van der Waals surface area contributed by atoms with Crippen LogP contribution in [0.25, 0.3) is 0 Å². The summed E-state index contributed by atoms with van der Waals surface area (Å²) in [7, 11) is 0. The van der Waals surface area contributed by atoms with Crippen molar-refractivity contribution in [3.8, 4) is 0 Å². The van der Waals surface area contributed by atoms with Gasteiger partial charge in [0, 0.05) is 28.0 Å². The zero-order chi connectivity index (χ0) is 22.2. The predicted molar refractivity (Wildman–Crippen MR) is 139 cm³/mol. The lowest BCUT2D eigenvalue weighted by Crippen LogP contribution is -1.93. The molecule has 0 saturated carbocycles. The number of rotatable bonds is 8. The van der Waals surface area contributed by atoms with Crippen molar-refractivity contribution in [2.24, 2.45) is 9.98 Å². The van der Waals surface area contributed by atoms with Crippen LogP contribution in [-0.2, 0) is 25.7 Å². The SMILES string of the molecule is CCc1cccc(CC)c1N=Cc1cccc(C=Nc2c(CC)cccc2CC)c1Br. The minimum Gasteiger partial charge on any atom is -0.256 e. The van der Waals surface area contributed by atoms with E-state index in [4.69, 9.17) is 9.98 Å². The molecule has 0 saturated heterocycles. The number of aliphatic imine (C=N–C) groups is 2. The number of hydrogen-bond acceptors (Lipinski definition) is 2. The Kier molecular flexibility index (Phi) is 8.36. The van der Waals surface area contributed by atoms with E-state index in [-0.39, 0.29) is 0 Å². The first-order valence-electron chi connectivity index (χ1n) is 11.2. The summed E-state index contributed by atoms with van der Waals surface area (Å²) < 4.78 is 1.02. The van der Waals surface area contributed by atoms with Crippen molar-refractivity contribution in [2.45, 2.75) is 53.4 Å². The summed E-state index contributed by atoms with van der Waals surface area (Å²) in [6.07, 6.45) is 7.84. The molecule has 0 aliphatic carbocycles. The smallest absolute Gasteiger partial charge is 0.0693 e. The van der Waals surface area contributed by atoms with Crippen molar-refractivity contribution >= 4 is 39.7 Å².